The zero-order valence-electron chi connectivity index (χ0n) is 11.6. The van der Waals surface area contributed by atoms with Gasteiger partial charge in [-0.1, -0.05) is 23.9 Å². The molecule has 0 atom stereocenters. The van der Waals surface area contributed by atoms with E-state index in [1.807, 2.05) is 23.6 Å². The topological polar surface area (TPSA) is 61.0 Å². The van der Waals surface area contributed by atoms with Crippen LogP contribution in [0.3, 0.4) is 0 Å². The second kappa shape index (κ2) is 6.32. The highest BCUT2D eigenvalue weighted by atomic mass is 32.2. The molecule has 0 fully saturated rings. The van der Waals surface area contributed by atoms with Crippen LogP contribution in [0.25, 0.3) is 10.2 Å². The third-order valence-electron chi connectivity index (χ3n) is 3.11. The Labute approximate surface area is 131 Å². The van der Waals surface area contributed by atoms with Gasteiger partial charge in [0.1, 0.15) is 16.4 Å². The minimum Gasteiger partial charge on any atom is -0.497 e. The number of nitrogens with zero attached hydrogens (tertiary/aromatic N) is 2. The molecule has 0 saturated heterocycles. The van der Waals surface area contributed by atoms with Crippen molar-refractivity contribution in [2.75, 3.05) is 18.6 Å². The van der Waals surface area contributed by atoms with Crippen LogP contribution in [-0.2, 0) is 6.42 Å². The van der Waals surface area contributed by atoms with E-state index >= 15 is 0 Å². The van der Waals surface area contributed by atoms with Gasteiger partial charge >= 0.3 is 0 Å². The second-order valence-electron chi connectivity index (χ2n) is 4.48. The van der Waals surface area contributed by atoms with E-state index < -0.39 is 0 Å². The highest BCUT2D eigenvalue weighted by molar-refractivity contribution is 7.99. The van der Waals surface area contributed by atoms with E-state index in [9.17, 15) is 0 Å². The van der Waals surface area contributed by atoms with Crippen LogP contribution in [0.15, 0.2) is 40.9 Å². The lowest BCUT2D eigenvalue weighted by atomic mass is 10.2. The van der Waals surface area contributed by atoms with Crippen LogP contribution in [0.4, 0.5) is 5.82 Å². The SMILES string of the molecule is COc1ccc(CCSc2nc(N)c3ccsc3n2)cc1. The minimum atomic E-state index is 0.563. The number of rotatable bonds is 5. The Hall–Kier alpha value is -1.79. The van der Waals surface area contributed by atoms with Crippen LogP contribution < -0.4 is 10.5 Å². The normalized spacial score (nSPS) is 10.9. The maximum absolute atomic E-state index is 5.94. The summed E-state index contributed by atoms with van der Waals surface area (Å²) in [5.74, 6) is 2.36. The molecule has 2 aromatic heterocycles. The first kappa shape index (κ1) is 14.2. The van der Waals surface area contributed by atoms with Gasteiger partial charge in [-0.25, -0.2) is 9.97 Å². The summed E-state index contributed by atoms with van der Waals surface area (Å²) in [5.41, 5.74) is 7.22. The summed E-state index contributed by atoms with van der Waals surface area (Å²) in [6.45, 7) is 0. The van der Waals surface area contributed by atoms with Gasteiger partial charge in [0.15, 0.2) is 5.16 Å². The molecule has 0 aliphatic heterocycles. The van der Waals surface area contributed by atoms with Crippen molar-refractivity contribution < 1.29 is 4.74 Å². The smallest absolute Gasteiger partial charge is 0.190 e. The van der Waals surface area contributed by atoms with Crippen molar-refractivity contribution in [2.45, 2.75) is 11.6 Å². The van der Waals surface area contributed by atoms with Crippen molar-refractivity contribution in [2.24, 2.45) is 0 Å². The van der Waals surface area contributed by atoms with Gasteiger partial charge in [-0.2, -0.15) is 0 Å². The van der Waals surface area contributed by atoms with Crippen LogP contribution in [0.2, 0.25) is 0 Å². The molecule has 0 bridgehead atoms. The number of aryl methyl sites for hydroxylation is 1. The Morgan fingerprint density at radius 1 is 1.19 bits per heavy atom. The molecule has 4 nitrogen and oxygen atoms in total. The standard InChI is InChI=1S/C15H15N3OS2/c1-19-11-4-2-10(3-5-11)6-8-21-15-17-13(16)12-7-9-20-14(12)18-15/h2-5,7,9H,6,8H2,1H3,(H2,16,17,18). The molecule has 1 aromatic carbocycles. The molecule has 0 radical (unpaired) electrons. The average Bonchev–Trinajstić information content (AvgIpc) is 2.97. The summed E-state index contributed by atoms with van der Waals surface area (Å²) in [6, 6.07) is 10.1. The number of ether oxygens (including phenoxy) is 1. The zero-order chi connectivity index (χ0) is 14.7. The average molecular weight is 317 g/mol. The molecule has 0 saturated carbocycles. The van der Waals surface area contributed by atoms with Gasteiger partial charge in [0.2, 0.25) is 0 Å². The van der Waals surface area contributed by atoms with Gasteiger partial charge < -0.3 is 10.5 Å². The van der Waals surface area contributed by atoms with Crippen molar-refractivity contribution in [3.8, 4) is 5.75 Å². The molecular weight excluding hydrogens is 302 g/mol. The maximum atomic E-state index is 5.94. The Bertz CT molecular complexity index is 740. The van der Waals surface area contributed by atoms with E-state index in [0.29, 0.717) is 5.82 Å². The second-order valence-corrected chi connectivity index (χ2v) is 6.43. The molecule has 6 heteroatoms. The maximum Gasteiger partial charge on any atom is 0.190 e. The Morgan fingerprint density at radius 2 is 2.00 bits per heavy atom. The van der Waals surface area contributed by atoms with Gasteiger partial charge in [0.05, 0.1) is 12.5 Å². The summed E-state index contributed by atoms with van der Waals surface area (Å²) >= 11 is 3.22. The first-order chi connectivity index (χ1) is 10.3. The van der Waals surface area contributed by atoms with E-state index in [0.717, 1.165) is 33.3 Å². The number of thiophene rings is 1. The molecule has 3 aromatic rings. The first-order valence-electron chi connectivity index (χ1n) is 6.53. The van der Waals surface area contributed by atoms with Crippen molar-refractivity contribution in [3.63, 3.8) is 0 Å². The predicted molar refractivity (Wildman–Crippen MR) is 89.2 cm³/mol. The number of hydrogen-bond acceptors (Lipinski definition) is 6. The number of thioether (sulfide) groups is 1. The third-order valence-corrected chi connectivity index (χ3v) is 4.77. The van der Waals surface area contributed by atoms with Crippen LogP contribution in [-0.4, -0.2) is 22.8 Å². The lowest BCUT2D eigenvalue weighted by Crippen LogP contribution is -1.96. The molecule has 0 amide bonds. The van der Waals surface area contributed by atoms with Crippen LogP contribution >= 0.6 is 23.1 Å². The number of methoxy groups -OCH3 is 1. The van der Waals surface area contributed by atoms with Gasteiger partial charge in [-0.15, -0.1) is 11.3 Å². The van der Waals surface area contributed by atoms with E-state index in [2.05, 4.69) is 22.1 Å². The Kier molecular flexibility index (Phi) is 4.26. The minimum absolute atomic E-state index is 0.563. The van der Waals surface area contributed by atoms with Gasteiger partial charge in [-0.3, -0.25) is 0 Å². The molecule has 21 heavy (non-hydrogen) atoms. The van der Waals surface area contributed by atoms with E-state index in [1.54, 1.807) is 30.2 Å². The van der Waals surface area contributed by atoms with E-state index in [1.165, 1.54) is 5.56 Å². The summed E-state index contributed by atoms with van der Waals surface area (Å²) in [4.78, 5) is 9.83. The summed E-state index contributed by atoms with van der Waals surface area (Å²) in [6.07, 6.45) is 0.959. The van der Waals surface area contributed by atoms with Crippen LogP contribution in [0.5, 0.6) is 5.75 Å². The lowest BCUT2D eigenvalue weighted by molar-refractivity contribution is 0.414. The highest BCUT2D eigenvalue weighted by Gasteiger charge is 2.06. The van der Waals surface area contributed by atoms with Crippen molar-refractivity contribution in [1.29, 1.82) is 0 Å². The van der Waals surface area contributed by atoms with Gasteiger partial charge in [0.25, 0.3) is 0 Å². The monoisotopic (exact) mass is 317 g/mol. The molecule has 0 unspecified atom stereocenters. The van der Waals surface area contributed by atoms with Crippen LogP contribution in [0.1, 0.15) is 5.56 Å². The summed E-state index contributed by atoms with van der Waals surface area (Å²) in [7, 11) is 1.67. The molecule has 0 aliphatic carbocycles. The molecular formula is C15H15N3OS2. The van der Waals surface area contributed by atoms with Crippen molar-refractivity contribution in [1.82, 2.24) is 9.97 Å². The van der Waals surface area contributed by atoms with E-state index in [4.69, 9.17) is 10.5 Å². The number of nitrogens with two attached hydrogens (primary N) is 1. The number of nitrogen functional groups attached to an aromatic ring is 1. The third kappa shape index (κ3) is 3.28. The van der Waals surface area contributed by atoms with Gasteiger partial charge in [-0.05, 0) is 35.6 Å². The highest BCUT2D eigenvalue weighted by Crippen LogP contribution is 2.26. The predicted octanol–water partition coefficient (Wildman–Crippen LogP) is 3.62. The molecule has 2 heterocycles. The lowest BCUT2D eigenvalue weighted by Gasteiger charge is -2.04. The van der Waals surface area contributed by atoms with Crippen LogP contribution in [0, 0.1) is 0 Å². The van der Waals surface area contributed by atoms with Crippen molar-refractivity contribution >= 4 is 39.1 Å². The largest absolute Gasteiger partial charge is 0.497 e. The number of fused-ring (bicyclic) bond motifs is 1. The van der Waals surface area contributed by atoms with Crippen molar-refractivity contribution in [3.05, 3.63) is 41.3 Å². The fraction of sp³-hybridized carbons (Fsp3) is 0.200. The number of benzene rings is 1. The molecule has 2 N–H and O–H groups in total. The molecule has 0 spiro atoms. The summed E-state index contributed by atoms with van der Waals surface area (Å²) < 4.78 is 5.15. The van der Waals surface area contributed by atoms with E-state index in [-0.39, 0.29) is 0 Å². The molecule has 3 rings (SSSR count). The molecule has 0 aliphatic rings. The Balaban J connectivity index is 1.63. The first-order valence-corrected chi connectivity index (χ1v) is 8.39. The molecule has 108 valence electrons. The fourth-order valence-electron chi connectivity index (χ4n) is 1.97. The number of aromatic nitrogens is 2. The number of hydrogen-bond donors (Lipinski definition) is 1. The Morgan fingerprint density at radius 3 is 2.76 bits per heavy atom. The number of anilines is 1. The fourth-order valence-corrected chi connectivity index (χ4v) is 3.64. The van der Waals surface area contributed by atoms with Gasteiger partial charge in [0, 0.05) is 5.75 Å². The quantitative estimate of drug-likeness (QED) is 0.575. The summed E-state index contributed by atoms with van der Waals surface area (Å²) in [5, 5.41) is 3.68. The zero-order valence-corrected chi connectivity index (χ0v) is 13.2.